The van der Waals surface area contributed by atoms with Crippen LogP contribution >= 0.6 is 0 Å². The van der Waals surface area contributed by atoms with E-state index in [4.69, 9.17) is 5.73 Å². The number of nitrogens with zero attached hydrogens (tertiary/aromatic N) is 2. The standard InChI is InChI=1S/C13H24N4O/c1-10(6-7-14)4-5-13(18)15-8-12-9-17(3)16-11(12)2/h9-10H,4-8,14H2,1-3H3,(H,15,18). The lowest BCUT2D eigenvalue weighted by molar-refractivity contribution is -0.121. The van der Waals surface area contributed by atoms with E-state index in [-0.39, 0.29) is 5.91 Å². The van der Waals surface area contributed by atoms with Gasteiger partial charge in [0.05, 0.1) is 5.69 Å². The van der Waals surface area contributed by atoms with Crippen LogP contribution < -0.4 is 11.1 Å². The summed E-state index contributed by atoms with van der Waals surface area (Å²) in [6, 6.07) is 0. The lowest BCUT2D eigenvalue weighted by Gasteiger charge is -2.09. The largest absolute Gasteiger partial charge is 0.352 e. The highest BCUT2D eigenvalue weighted by Crippen LogP contribution is 2.09. The number of nitrogens with two attached hydrogens (primary N) is 1. The summed E-state index contributed by atoms with van der Waals surface area (Å²) < 4.78 is 1.76. The molecule has 1 heterocycles. The third kappa shape index (κ3) is 4.87. The summed E-state index contributed by atoms with van der Waals surface area (Å²) in [5, 5.41) is 7.17. The summed E-state index contributed by atoms with van der Waals surface area (Å²) in [5.74, 6) is 0.614. The number of carbonyl (C=O) groups excluding carboxylic acids is 1. The lowest BCUT2D eigenvalue weighted by Crippen LogP contribution is -2.23. The molecule has 0 bridgehead atoms. The SMILES string of the molecule is Cc1nn(C)cc1CNC(=O)CCC(C)CCN. The number of amides is 1. The zero-order valence-corrected chi connectivity index (χ0v) is 11.6. The molecule has 18 heavy (non-hydrogen) atoms. The topological polar surface area (TPSA) is 72.9 Å². The van der Waals surface area contributed by atoms with Crippen LogP contribution in [0.5, 0.6) is 0 Å². The summed E-state index contributed by atoms with van der Waals surface area (Å²) >= 11 is 0. The minimum absolute atomic E-state index is 0.0992. The molecule has 0 aliphatic heterocycles. The Labute approximate surface area is 109 Å². The van der Waals surface area contributed by atoms with Gasteiger partial charge in [-0.15, -0.1) is 0 Å². The molecule has 0 spiro atoms. The Morgan fingerprint density at radius 2 is 2.28 bits per heavy atom. The normalized spacial score (nSPS) is 12.4. The van der Waals surface area contributed by atoms with E-state index < -0.39 is 0 Å². The van der Waals surface area contributed by atoms with Crippen LogP contribution in [0.25, 0.3) is 0 Å². The van der Waals surface area contributed by atoms with Crippen molar-refractivity contribution in [2.45, 2.75) is 39.7 Å². The smallest absolute Gasteiger partial charge is 0.220 e. The second-order valence-electron chi connectivity index (χ2n) is 4.91. The van der Waals surface area contributed by atoms with Crippen molar-refractivity contribution in [2.24, 2.45) is 18.7 Å². The van der Waals surface area contributed by atoms with Crippen molar-refractivity contribution < 1.29 is 4.79 Å². The summed E-state index contributed by atoms with van der Waals surface area (Å²) in [6.07, 6.45) is 4.39. The van der Waals surface area contributed by atoms with Gasteiger partial charge in [-0.05, 0) is 32.2 Å². The van der Waals surface area contributed by atoms with Crippen LogP contribution in [0.3, 0.4) is 0 Å². The van der Waals surface area contributed by atoms with Gasteiger partial charge >= 0.3 is 0 Å². The molecule has 0 aromatic carbocycles. The van der Waals surface area contributed by atoms with E-state index in [1.165, 1.54) is 0 Å². The Hall–Kier alpha value is -1.36. The third-order valence-corrected chi connectivity index (χ3v) is 3.11. The fraction of sp³-hybridized carbons (Fsp3) is 0.692. The van der Waals surface area contributed by atoms with Crippen molar-refractivity contribution >= 4 is 5.91 Å². The van der Waals surface area contributed by atoms with Crippen molar-refractivity contribution in [3.63, 3.8) is 0 Å². The van der Waals surface area contributed by atoms with Gasteiger partial charge in [-0.25, -0.2) is 0 Å². The van der Waals surface area contributed by atoms with Crippen molar-refractivity contribution in [1.82, 2.24) is 15.1 Å². The van der Waals surface area contributed by atoms with E-state index in [1.807, 2.05) is 20.2 Å². The number of aryl methyl sites for hydroxylation is 2. The second kappa shape index (κ2) is 7.16. The van der Waals surface area contributed by atoms with Gasteiger partial charge in [0, 0.05) is 31.8 Å². The third-order valence-electron chi connectivity index (χ3n) is 3.11. The zero-order chi connectivity index (χ0) is 13.5. The number of nitrogens with one attached hydrogen (secondary N) is 1. The molecule has 0 radical (unpaired) electrons. The van der Waals surface area contributed by atoms with Crippen LogP contribution in [0.15, 0.2) is 6.20 Å². The Bertz CT molecular complexity index is 386. The highest BCUT2D eigenvalue weighted by atomic mass is 16.1. The Balaban J connectivity index is 2.27. The second-order valence-corrected chi connectivity index (χ2v) is 4.91. The Kier molecular flexibility index (Phi) is 5.85. The van der Waals surface area contributed by atoms with Crippen LogP contribution in [0.1, 0.15) is 37.4 Å². The van der Waals surface area contributed by atoms with Gasteiger partial charge in [-0.2, -0.15) is 5.10 Å². The molecule has 1 unspecified atom stereocenters. The lowest BCUT2D eigenvalue weighted by atomic mass is 10.0. The van der Waals surface area contributed by atoms with Crippen LogP contribution in [0.4, 0.5) is 0 Å². The average molecular weight is 252 g/mol. The number of hydrogen-bond donors (Lipinski definition) is 2. The van der Waals surface area contributed by atoms with Crippen molar-refractivity contribution in [1.29, 1.82) is 0 Å². The summed E-state index contributed by atoms with van der Waals surface area (Å²) in [7, 11) is 1.88. The molecule has 0 saturated carbocycles. The first-order valence-corrected chi connectivity index (χ1v) is 6.48. The predicted molar refractivity (Wildman–Crippen MR) is 71.9 cm³/mol. The van der Waals surface area contributed by atoms with Gasteiger partial charge in [-0.3, -0.25) is 9.48 Å². The van der Waals surface area contributed by atoms with Crippen molar-refractivity contribution in [3.8, 4) is 0 Å². The number of carbonyl (C=O) groups is 1. The summed E-state index contributed by atoms with van der Waals surface area (Å²) in [5.41, 5.74) is 7.52. The van der Waals surface area contributed by atoms with Crippen LogP contribution in [0.2, 0.25) is 0 Å². The molecule has 5 nitrogen and oxygen atoms in total. The molecule has 5 heteroatoms. The van der Waals surface area contributed by atoms with Gasteiger partial charge in [0.15, 0.2) is 0 Å². The maximum Gasteiger partial charge on any atom is 0.220 e. The van der Waals surface area contributed by atoms with Gasteiger partial charge < -0.3 is 11.1 Å². The molecule has 0 aliphatic carbocycles. The zero-order valence-electron chi connectivity index (χ0n) is 11.6. The van der Waals surface area contributed by atoms with Gasteiger partial charge in [0.25, 0.3) is 0 Å². The molecule has 1 aromatic rings. The number of hydrogen-bond acceptors (Lipinski definition) is 3. The molecule has 0 saturated heterocycles. The van der Waals surface area contributed by atoms with Crippen LogP contribution in [0, 0.1) is 12.8 Å². The van der Waals surface area contributed by atoms with Gasteiger partial charge in [0.1, 0.15) is 0 Å². The molecular formula is C13H24N4O. The Morgan fingerprint density at radius 1 is 1.56 bits per heavy atom. The minimum Gasteiger partial charge on any atom is -0.352 e. The van der Waals surface area contributed by atoms with Gasteiger partial charge in [0.2, 0.25) is 5.91 Å². The minimum atomic E-state index is 0.0992. The predicted octanol–water partition coefficient (Wildman–Crippen LogP) is 1.11. The molecule has 0 fully saturated rings. The maximum atomic E-state index is 11.7. The number of rotatable bonds is 7. The van der Waals surface area contributed by atoms with Crippen molar-refractivity contribution in [3.05, 3.63) is 17.5 Å². The molecule has 102 valence electrons. The van der Waals surface area contributed by atoms with Gasteiger partial charge in [-0.1, -0.05) is 6.92 Å². The quantitative estimate of drug-likeness (QED) is 0.763. The van der Waals surface area contributed by atoms with Crippen LogP contribution in [-0.2, 0) is 18.4 Å². The van der Waals surface area contributed by atoms with E-state index in [1.54, 1.807) is 4.68 Å². The highest BCUT2D eigenvalue weighted by Gasteiger charge is 2.08. The molecule has 0 aliphatic rings. The molecule has 3 N–H and O–H groups in total. The molecule has 1 atom stereocenters. The van der Waals surface area contributed by atoms with E-state index >= 15 is 0 Å². The maximum absolute atomic E-state index is 11.7. The van der Waals surface area contributed by atoms with E-state index in [2.05, 4.69) is 17.3 Å². The Morgan fingerprint density at radius 3 is 2.83 bits per heavy atom. The molecule has 1 rings (SSSR count). The first-order chi connectivity index (χ1) is 8.52. The van der Waals surface area contributed by atoms with E-state index in [0.29, 0.717) is 25.4 Å². The average Bonchev–Trinajstić information content (AvgIpc) is 2.63. The van der Waals surface area contributed by atoms with E-state index in [9.17, 15) is 4.79 Å². The summed E-state index contributed by atoms with van der Waals surface area (Å²) in [4.78, 5) is 11.7. The first kappa shape index (κ1) is 14.7. The molecular weight excluding hydrogens is 228 g/mol. The molecule has 1 amide bonds. The monoisotopic (exact) mass is 252 g/mol. The molecule has 1 aromatic heterocycles. The van der Waals surface area contributed by atoms with Crippen molar-refractivity contribution in [2.75, 3.05) is 6.54 Å². The van der Waals surface area contributed by atoms with Crippen LogP contribution in [-0.4, -0.2) is 22.2 Å². The number of aromatic nitrogens is 2. The fourth-order valence-corrected chi connectivity index (χ4v) is 1.91. The summed E-state index contributed by atoms with van der Waals surface area (Å²) in [6.45, 7) is 5.33. The van der Waals surface area contributed by atoms with E-state index in [0.717, 1.165) is 24.1 Å². The fourth-order valence-electron chi connectivity index (χ4n) is 1.91. The first-order valence-electron chi connectivity index (χ1n) is 6.48. The highest BCUT2D eigenvalue weighted by molar-refractivity contribution is 5.75.